The smallest absolute Gasteiger partial charge is 0.310 e. The molecule has 6 unspecified atom stereocenters. The molecule has 4 saturated heterocycles. The van der Waals surface area contributed by atoms with Gasteiger partial charge in [0, 0.05) is 76.3 Å². The molecule has 4 bridgehead atoms. The molecule has 2 aromatic carbocycles. The van der Waals surface area contributed by atoms with Crippen LogP contribution in [-0.4, -0.2) is 83.3 Å². The minimum absolute atomic E-state index is 0.130. The first-order chi connectivity index (χ1) is 23.9. The second-order valence-electron chi connectivity index (χ2n) is 16.1. The Morgan fingerprint density at radius 3 is 1.26 bits per heavy atom. The third-order valence-electron chi connectivity index (χ3n) is 13.0. The number of esters is 4. The molecule has 0 amide bonds. The molecule has 268 valence electrons. The molecule has 0 spiro atoms. The summed E-state index contributed by atoms with van der Waals surface area (Å²) in [5, 5.41) is 0. The number of rotatable bonds is 10. The maximum atomic E-state index is 13.5. The molecule has 0 N–H and O–H groups in total. The highest BCUT2D eigenvalue weighted by atomic mass is 16.6. The van der Waals surface area contributed by atoms with Gasteiger partial charge in [-0.1, -0.05) is 24.3 Å². The molecule has 5 fully saturated rings. The van der Waals surface area contributed by atoms with Gasteiger partial charge in [0.2, 0.25) is 0 Å². The van der Waals surface area contributed by atoms with Crippen molar-refractivity contribution in [2.24, 2.45) is 11.8 Å². The Balaban J connectivity index is 0.905. The molecule has 5 aliphatic rings. The number of hydrogen-bond acceptors (Lipinski definition) is 8. The van der Waals surface area contributed by atoms with E-state index in [1.165, 1.54) is 13.8 Å². The zero-order valence-corrected chi connectivity index (χ0v) is 29.9. The fraction of sp³-hybridized carbons (Fsp3) is 0.600. The normalized spacial score (nSPS) is 35.4. The summed E-state index contributed by atoms with van der Waals surface area (Å²) in [7, 11) is 4.61. The number of piperidine rings is 2. The first-order valence-corrected chi connectivity index (χ1v) is 18.5. The minimum Gasteiger partial charge on any atom is -0.462 e. The Labute approximate surface area is 295 Å². The Hall–Kier alpha value is -3.76. The van der Waals surface area contributed by atoms with Crippen LogP contribution in [0.2, 0.25) is 0 Å². The summed E-state index contributed by atoms with van der Waals surface area (Å²) in [5.74, 6) is -0.827. The molecular weight excluding hydrogens is 636 g/mol. The predicted octanol–water partition coefficient (Wildman–Crippen LogP) is 5.63. The van der Waals surface area contributed by atoms with Crippen molar-refractivity contribution in [1.82, 2.24) is 0 Å². The van der Waals surface area contributed by atoms with E-state index in [0.717, 1.165) is 84.5 Å². The summed E-state index contributed by atoms with van der Waals surface area (Å²) in [6.07, 6.45) is 8.74. The zero-order valence-electron chi connectivity index (χ0n) is 29.9. The summed E-state index contributed by atoms with van der Waals surface area (Å²) < 4.78 is 24.8. The van der Waals surface area contributed by atoms with Gasteiger partial charge in [-0.05, 0) is 37.1 Å². The fourth-order valence-electron chi connectivity index (χ4n) is 10.2. The van der Waals surface area contributed by atoms with Crippen LogP contribution in [0.5, 0.6) is 11.5 Å². The van der Waals surface area contributed by atoms with Gasteiger partial charge in [0.15, 0.2) is 0 Å². The van der Waals surface area contributed by atoms with Crippen LogP contribution >= 0.6 is 0 Å². The topological polar surface area (TPSA) is 105 Å². The minimum atomic E-state index is -0.419. The fourth-order valence-corrected chi connectivity index (χ4v) is 10.2. The van der Waals surface area contributed by atoms with E-state index in [0.29, 0.717) is 48.5 Å². The average molecular weight is 689 g/mol. The molecule has 10 heteroatoms. The van der Waals surface area contributed by atoms with Crippen molar-refractivity contribution >= 4 is 23.9 Å². The van der Waals surface area contributed by atoms with Gasteiger partial charge >= 0.3 is 23.9 Å². The monoisotopic (exact) mass is 688 g/mol. The van der Waals surface area contributed by atoms with Crippen LogP contribution in [0.4, 0.5) is 0 Å². The van der Waals surface area contributed by atoms with Crippen LogP contribution in [0.15, 0.2) is 48.5 Å². The van der Waals surface area contributed by atoms with Crippen molar-refractivity contribution in [2.75, 3.05) is 14.1 Å². The lowest BCUT2D eigenvalue weighted by molar-refractivity contribution is -0.961. The third kappa shape index (κ3) is 6.93. The molecule has 4 aliphatic heterocycles. The maximum Gasteiger partial charge on any atom is 0.310 e. The molecule has 1 saturated carbocycles. The van der Waals surface area contributed by atoms with Crippen molar-refractivity contribution in [3.63, 3.8) is 0 Å². The van der Waals surface area contributed by atoms with Gasteiger partial charge < -0.3 is 27.9 Å². The van der Waals surface area contributed by atoms with E-state index in [-0.39, 0.29) is 36.1 Å². The highest BCUT2D eigenvalue weighted by molar-refractivity contribution is 5.84. The van der Waals surface area contributed by atoms with E-state index >= 15 is 0 Å². The molecule has 0 radical (unpaired) electrons. The number of hydrogen-bond donors (Lipinski definition) is 0. The van der Waals surface area contributed by atoms with Gasteiger partial charge in [-0.2, -0.15) is 0 Å². The highest BCUT2D eigenvalue weighted by Gasteiger charge is 2.55. The maximum absolute atomic E-state index is 13.5. The largest absolute Gasteiger partial charge is 0.462 e. The van der Waals surface area contributed by atoms with Crippen LogP contribution in [0, 0.1) is 11.8 Å². The summed E-state index contributed by atoms with van der Waals surface area (Å²) in [6, 6.07) is 17.1. The van der Waals surface area contributed by atoms with Crippen molar-refractivity contribution < 1.29 is 47.1 Å². The van der Waals surface area contributed by atoms with Crippen LogP contribution in [-0.2, 0) is 41.7 Å². The SMILES string of the molecule is CC(=O)Oc1cccc(C[N+]2(C)C3CCC2CC(OC(=O)C2CCC2C(=O)OC2CC4CCC(C2)[N+]4(C)Cc2cccc(OC(C)=O)c2)C3)c1. The lowest BCUT2D eigenvalue weighted by Crippen LogP contribution is -2.58. The van der Waals surface area contributed by atoms with Crippen LogP contribution in [0.25, 0.3) is 0 Å². The van der Waals surface area contributed by atoms with E-state index < -0.39 is 11.8 Å². The van der Waals surface area contributed by atoms with Crippen LogP contribution < -0.4 is 9.47 Å². The number of benzene rings is 2. The Bertz CT molecular complexity index is 1490. The molecule has 7 rings (SSSR count). The van der Waals surface area contributed by atoms with Gasteiger partial charge in [0.05, 0.1) is 50.1 Å². The van der Waals surface area contributed by atoms with Gasteiger partial charge in [-0.25, -0.2) is 0 Å². The summed E-state index contributed by atoms with van der Waals surface area (Å²) in [4.78, 5) is 49.8. The van der Waals surface area contributed by atoms with Crippen molar-refractivity contribution in [3.8, 4) is 11.5 Å². The van der Waals surface area contributed by atoms with Gasteiger partial charge in [0.1, 0.15) is 36.8 Å². The van der Waals surface area contributed by atoms with Crippen LogP contribution in [0.1, 0.15) is 89.2 Å². The number of carbonyl (C=O) groups is 4. The van der Waals surface area contributed by atoms with Gasteiger partial charge in [0.25, 0.3) is 0 Å². The lowest BCUT2D eigenvalue weighted by Gasteiger charge is -2.47. The summed E-state index contributed by atoms with van der Waals surface area (Å²) in [6.45, 7) is 4.50. The summed E-state index contributed by atoms with van der Waals surface area (Å²) >= 11 is 0. The molecule has 10 nitrogen and oxygen atoms in total. The first kappa shape index (κ1) is 34.7. The molecule has 0 aromatic heterocycles. The van der Waals surface area contributed by atoms with E-state index in [4.69, 9.17) is 18.9 Å². The molecule has 6 atom stereocenters. The van der Waals surface area contributed by atoms with E-state index in [2.05, 4.69) is 26.2 Å². The number of nitrogens with zero attached hydrogens (tertiary/aromatic N) is 2. The number of ether oxygens (including phenoxy) is 4. The number of carbonyl (C=O) groups excluding carboxylic acids is 4. The second kappa shape index (κ2) is 13.8. The Morgan fingerprint density at radius 2 is 0.940 bits per heavy atom. The molecule has 2 aromatic rings. The lowest BCUT2D eigenvalue weighted by atomic mass is 9.73. The average Bonchev–Trinajstić information content (AvgIpc) is 3.25. The zero-order chi connectivity index (χ0) is 35.2. The highest BCUT2D eigenvalue weighted by Crippen LogP contribution is 2.46. The standard InChI is InChI=1S/C40H52N2O8/c1-25(43)47-33-9-5-7-27(17-33)23-41(3)29-11-12-30(41)20-35(19-29)49-39(45)37-15-16-38(37)40(46)50-36-21-31-13-14-32(22-36)42(31,4)24-28-8-6-10-34(18-28)48-26(2)44/h5-10,17-18,29-32,35-38H,11-16,19-24H2,1-4H3/q+2. The quantitative estimate of drug-likeness (QED) is 0.180. The third-order valence-corrected chi connectivity index (χ3v) is 13.0. The van der Waals surface area contributed by atoms with E-state index in [9.17, 15) is 19.2 Å². The second-order valence-corrected chi connectivity index (χ2v) is 16.1. The number of fused-ring (bicyclic) bond motifs is 4. The number of quaternary nitrogens is 2. The predicted molar refractivity (Wildman–Crippen MR) is 183 cm³/mol. The van der Waals surface area contributed by atoms with Gasteiger partial charge in [-0.3, -0.25) is 19.2 Å². The van der Waals surface area contributed by atoms with E-state index in [1.54, 1.807) is 12.1 Å². The van der Waals surface area contributed by atoms with E-state index in [1.807, 2.05) is 24.3 Å². The Morgan fingerprint density at radius 1 is 0.580 bits per heavy atom. The Kier molecular flexibility index (Phi) is 9.54. The van der Waals surface area contributed by atoms with Gasteiger partial charge in [-0.15, -0.1) is 0 Å². The van der Waals surface area contributed by atoms with Crippen molar-refractivity contribution in [1.29, 1.82) is 0 Å². The van der Waals surface area contributed by atoms with Crippen molar-refractivity contribution in [3.05, 3.63) is 59.7 Å². The van der Waals surface area contributed by atoms with Crippen LogP contribution in [0.3, 0.4) is 0 Å². The summed E-state index contributed by atoms with van der Waals surface area (Å²) in [5.41, 5.74) is 2.27. The van der Waals surface area contributed by atoms with Crippen molar-refractivity contribution in [2.45, 2.75) is 128 Å². The first-order valence-electron chi connectivity index (χ1n) is 18.5. The molecule has 1 aliphatic carbocycles. The molecule has 4 heterocycles. The molecular formula is C40H52N2O8+2. The molecule has 50 heavy (non-hydrogen) atoms.